The first-order valence-electron chi connectivity index (χ1n) is 7.05. The van der Waals surface area contributed by atoms with Crippen LogP contribution in [0, 0.1) is 35.0 Å². The number of hydrogen-bond acceptors (Lipinski definition) is 3. The Labute approximate surface area is 108 Å². The standard InChI is InChI=1S/C15H22O3/c1-15(2)7-8(16)6-11-9-4-5-10(13(9)15)12(11)14(17)18-3/h9-13H,4-7H2,1-3H3/t9-,10+,11-,12-,13-/m0/s1. The minimum Gasteiger partial charge on any atom is -0.469 e. The number of methoxy groups -OCH3 is 1. The minimum atomic E-state index is -0.0808. The van der Waals surface area contributed by atoms with Crippen LogP contribution in [0.4, 0.5) is 0 Å². The molecular weight excluding hydrogens is 228 g/mol. The van der Waals surface area contributed by atoms with E-state index in [0.717, 1.165) is 6.42 Å². The monoisotopic (exact) mass is 250 g/mol. The van der Waals surface area contributed by atoms with E-state index in [1.807, 2.05) is 0 Å². The highest BCUT2D eigenvalue weighted by atomic mass is 16.5. The molecule has 3 fully saturated rings. The van der Waals surface area contributed by atoms with Crippen LogP contribution < -0.4 is 0 Å². The van der Waals surface area contributed by atoms with Gasteiger partial charge in [-0.25, -0.2) is 0 Å². The number of esters is 1. The van der Waals surface area contributed by atoms with Crippen LogP contribution in [-0.4, -0.2) is 18.9 Å². The summed E-state index contributed by atoms with van der Waals surface area (Å²) in [7, 11) is 1.47. The van der Waals surface area contributed by atoms with E-state index in [-0.39, 0.29) is 23.2 Å². The molecule has 3 aliphatic carbocycles. The lowest BCUT2D eigenvalue weighted by Gasteiger charge is -2.35. The molecule has 3 rings (SSSR count). The molecule has 0 aromatic carbocycles. The van der Waals surface area contributed by atoms with Crippen molar-refractivity contribution in [2.75, 3.05) is 7.11 Å². The molecule has 0 N–H and O–H groups in total. The van der Waals surface area contributed by atoms with Crippen molar-refractivity contribution in [3.05, 3.63) is 0 Å². The van der Waals surface area contributed by atoms with Gasteiger partial charge in [0.2, 0.25) is 0 Å². The fourth-order valence-corrected chi connectivity index (χ4v) is 5.41. The molecular formula is C15H22O3. The first-order chi connectivity index (χ1) is 8.45. The van der Waals surface area contributed by atoms with Crippen LogP contribution in [0.5, 0.6) is 0 Å². The molecule has 0 amide bonds. The van der Waals surface area contributed by atoms with Crippen LogP contribution in [0.15, 0.2) is 0 Å². The van der Waals surface area contributed by atoms with Crippen molar-refractivity contribution >= 4 is 11.8 Å². The Kier molecular flexibility index (Phi) is 2.58. The predicted octanol–water partition coefficient (Wildman–Crippen LogP) is 2.44. The quantitative estimate of drug-likeness (QED) is 0.671. The predicted molar refractivity (Wildman–Crippen MR) is 66.7 cm³/mol. The summed E-state index contributed by atoms with van der Waals surface area (Å²) in [5, 5.41) is 0. The number of Topliss-reactive ketones (excluding diaryl/α,β-unsaturated/α-hetero) is 1. The summed E-state index contributed by atoms with van der Waals surface area (Å²) in [4.78, 5) is 24.1. The highest BCUT2D eigenvalue weighted by molar-refractivity contribution is 5.82. The Morgan fingerprint density at radius 2 is 1.89 bits per heavy atom. The number of carbonyl (C=O) groups excluding carboxylic acids is 2. The molecule has 0 spiro atoms. The van der Waals surface area contributed by atoms with Crippen LogP contribution in [0.2, 0.25) is 0 Å². The molecule has 0 unspecified atom stereocenters. The zero-order valence-electron chi connectivity index (χ0n) is 11.4. The molecule has 4 bridgehead atoms. The van der Waals surface area contributed by atoms with E-state index in [9.17, 15) is 9.59 Å². The zero-order valence-corrected chi connectivity index (χ0v) is 11.4. The Morgan fingerprint density at radius 3 is 2.56 bits per heavy atom. The summed E-state index contributed by atoms with van der Waals surface area (Å²) in [6.07, 6.45) is 3.63. The number of carbonyl (C=O) groups is 2. The summed E-state index contributed by atoms with van der Waals surface area (Å²) >= 11 is 0. The largest absolute Gasteiger partial charge is 0.469 e. The van der Waals surface area contributed by atoms with Gasteiger partial charge in [0.1, 0.15) is 5.78 Å². The van der Waals surface area contributed by atoms with Gasteiger partial charge in [0.05, 0.1) is 13.0 Å². The Bertz CT molecular complexity index is 399. The van der Waals surface area contributed by atoms with E-state index in [4.69, 9.17) is 4.74 Å². The second-order valence-electron chi connectivity index (χ2n) is 7.05. The number of ether oxygens (including phenoxy) is 1. The first-order valence-corrected chi connectivity index (χ1v) is 7.05. The normalized spacial score (nSPS) is 44.8. The van der Waals surface area contributed by atoms with Gasteiger partial charge in [-0.1, -0.05) is 13.8 Å². The van der Waals surface area contributed by atoms with Gasteiger partial charge in [-0.05, 0) is 41.9 Å². The van der Waals surface area contributed by atoms with Gasteiger partial charge in [-0.2, -0.15) is 0 Å². The third-order valence-electron chi connectivity index (χ3n) is 5.72. The fourth-order valence-electron chi connectivity index (χ4n) is 5.41. The van der Waals surface area contributed by atoms with Gasteiger partial charge in [0.15, 0.2) is 0 Å². The lowest BCUT2D eigenvalue weighted by Crippen LogP contribution is -2.35. The molecule has 100 valence electrons. The van der Waals surface area contributed by atoms with Crippen LogP contribution in [0.3, 0.4) is 0 Å². The zero-order chi connectivity index (χ0) is 13.1. The highest BCUT2D eigenvalue weighted by Crippen LogP contribution is 2.65. The van der Waals surface area contributed by atoms with Crippen molar-refractivity contribution in [3.63, 3.8) is 0 Å². The third-order valence-corrected chi connectivity index (χ3v) is 5.72. The smallest absolute Gasteiger partial charge is 0.309 e. The lowest BCUT2D eigenvalue weighted by molar-refractivity contribution is -0.150. The van der Waals surface area contributed by atoms with E-state index in [1.54, 1.807) is 0 Å². The molecule has 3 saturated carbocycles. The average Bonchev–Trinajstić information content (AvgIpc) is 2.80. The van der Waals surface area contributed by atoms with E-state index >= 15 is 0 Å². The summed E-state index contributed by atoms with van der Waals surface area (Å²) in [5.41, 5.74) is 0.0560. The molecule has 3 heteroatoms. The second-order valence-corrected chi connectivity index (χ2v) is 7.05. The maximum absolute atomic E-state index is 12.1. The molecule has 18 heavy (non-hydrogen) atoms. The lowest BCUT2D eigenvalue weighted by atomic mass is 9.69. The van der Waals surface area contributed by atoms with Crippen molar-refractivity contribution in [2.24, 2.45) is 35.0 Å². The molecule has 0 radical (unpaired) electrons. The van der Waals surface area contributed by atoms with Crippen LogP contribution in [-0.2, 0) is 14.3 Å². The fraction of sp³-hybridized carbons (Fsp3) is 0.867. The Balaban J connectivity index is 2.01. The van der Waals surface area contributed by atoms with E-state index in [1.165, 1.54) is 13.5 Å². The maximum atomic E-state index is 12.1. The first kappa shape index (κ1) is 12.2. The number of ketones is 1. The van der Waals surface area contributed by atoms with Crippen LogP contribution in [0.1, 0.15) is 39.5 Å². The molecule has 3 nitrogen and oxygen atoms in total. The van der Waals surface area contributed by atoms with Crippen molar-refractivity contribution in [3.8, 4) is 0 Å². The van der Waals surface area contributed by atoms with Crippen molar-refractivity contribution in [1.29, 1.82) is 0 Å². The summed E-state index contributed by atoms with van der Waals surface area (Å²) in [5.74, 6) is 2.07. The summed E-state index contributed by atoms with van der Waals surface area (Å²) in [6.45, 7) is 4.42. The summed E-state index contributed by atoms with van der Waals surface area (Å²) in [6, 6.07) is 0. The number of hydrogen-bond donors (Lipinski definition) is 0. The Hall–Kier alpha value is -0.860. The SMILES string of the molecule is COC(=O)[C@H]1[C@H]2CC[C@H]3[C@@H]1CC(=O)CC(C)(C)[C@H]23. The second kappa shape index (κ2) is 3.82. The van der Waals surface area contributed by atoms with E-state index < -0.39 is 0 Å². The van der Waals surface area contributed by atoms with Crippen LogP contribution >= 0.6 is 0 Å². The van der Waals surface area contributed by atoms with Gasteiger partial charge in [0.25, 0.3) is 0 Å². The Morgan fingerprint density at radius 1 is 1.22 bits per heavy atom. The van der Waals surface area contributed by atoms with Gasteiger partial charge < -0.3 is 4.74 Å². The molecule has 0 saturated heterocycles. The molecule has 0 aromatic heterocycles. The number of rotatable bonds is 1. The van der Waals surface area contributed by atoms with Crippen molar-refractivity contribution in [2.45, 2.75) is 39.5 Å². The van der Waals surface area contributed by atoms with Crippen LogP contribution in [0.25, 0.3) is 0 Å². The maximum Gasteiger partial charge on any atom is 0.309 e. The van der Waals surface area contributed by atoms with Gasteiger partial charge >= 0.3 is 5.97 Å². The van der Waals surface area contributed by atoms with E-state index in [0.29, 0.717) is 36.4 Å². The van der Waals surface area contributed by atoms with Crippen molar-refractivity contribution < 1.29 is 14.3 Å². The van der Waals surface area contributed by atoms with Gasteiger partial charge in [-0.3, -0.25) is 9.59 Å². The third kappa shape index (κ3) is 1.49. The topological polar surface area (TPSA) is 43.4 Å². The van der Waals surface area contributed by atoms with E-state index in [2.05, 4.69) is 13.8 Å². The molecule has 0 heterocycles. The van der Waals surface area contributed by atoms with Gasteiger partial charge in [-0.15, -0.1) is 0 Å². The molecule has 0 aliphatic heterocycles. The van der Waals surface area contributed by atoms with Crippen molar-refractivity contribution in [1.82, 2.24) is 0 Å². The molecule has 5 atom stereocenters. The molecule has 3 aliphatic rings. The highest BCUT2D eigenvalue weighted by Gasteiger charge is 2.62. The van der Waals surface area contributed by atoms with Gasteiger partial charge in [0, 0.05) is 12.8 Å². The molecule has 0 aromatic rings. The summed E-state index contributed by atoms with van der Waals surface area (Å²) < 4.78 is 4.99. The average molecular weight is 250 g/mol. The minimum absolute atomic E-state index is 0.0118.